The highest BCUT2D eigenvalue weighted by atomic mass is 16.4. The molecule has 0 unspecified atom stereocenters. The van der Waals surface area contributed by atoms with Crippen LogP contribution in [0.5, 0.6) is 0 Å². The third-order valence-electron chi connectivity index (χ3n) is 1.65. The molecule has 3 nitrogen and oxygen atoms in total. The summed E-state index contributed by atoms with van der Waals surface area (Å²) < 4.78 is 0. The number of nitrogens with one attached hydrogen (secondary N) is 1. The van der Waals surface area contributed by atoms with E-state index in [-0.39, 0.29) is 5.92 Å². The zero-order chi connectivity index (χ0) is 9.56. The molecule has 0 rings (SSSR count). The number of carboxylic acid groups (broad SMARTS) is 1. The highest BCUT2D eigenvalue weighted by Gasteiger charge is 2.19. The maximum Gasteiger partial charge on any atom is 0.320 e. The summed E-state index contributed by atoms with van der Waals surface area (Å²) in [6, 6.07) is -0.440. The Morgan fingerprint density at radius 2 is 2.25 bits per heavy atom. The van der Waals surface area contributed by atoms with Crippen molar-refractivity contribution < 1.29 is 9.90 Å². The third-order valence-corrected chi connectivity index (χ3v) is 1.65. The molecule has 0 aromatic carbocycles. The fraction of sp³-hybridized carbons (Fsp3) is 0.667. The van der Waals surface area contributed by atoms with E-state index in [1.807, 2.05) is 13.8 Å². The summed E-state index contributed by atoms with van der Waals surface area (Å²) in [4.78, 5) is 10.6. The Morgan fingerprint density at radius 1 is 1.67 bits per heavy atom. The van der Waals surface area contributed by atoms with Gasteiger partial charge in [-0.25, -0.2) is 0 Å². The first kappa shape index (κ1) is 11.2. The molecule has 12 heavy (non-hydrogen) atoms. The van der Waals surface area contributed by atoms with Crippen molar-refractivity contribution in [1.29, 1.82) is 0 Å². The van der Waals surface area contributed by atoms with E-state index in [1.165, 1.54) is 0 Å². The number of carboxylic acids is 1. The highest BCUT2D eigenvalue weighted by Crippen LogP contribution is 2.01. The largest absolute Gasteiger partial charge is 0.480 e. The molecule has 0 radical (unpaired) electrons. The fourth-order valence-corrected chi connectivity index (χ4v) is 0.949. The van der Waals surface area contributed by atoms with Crippen LogP contribution in [0.3, 0.4) is 0 Å². The van der Waals surface area contributed by atoms with Crippen molar-refractivity contribution in [2.24, 2.45) is 5.92 Å². The van der Waals surface area contributed by atoms with Crippen LogP contribution in [-0.4, -0.2) is 23.7 Å². The normalized spacial score (nSPS) is 12.9. The van der Waals surface area contributed by atoms with Crippen LogP contribution in [-0.2, 0) is 4.79 Å². The van der Waals surface area contributed by atoms with Gasteiger partial charge in [0.1, 0.15) is 6.04 Å². The molecule has 0 aliphatic rings. The van der Waals surface area contributed by atoms with Gasteiger partial charge in [-0.3, -0.25) is 4.79 Å². The van der Waals surface area contributed by atoms with Gasteiger partial charge in [-0.1, -0.05) is 19.9 Å². The summed E-state index contributed by atoms with van der Waals surface area (Å²) in [5, 5.41) is 11.7. The van der Waals surface area contributed by atoms with E-state index in [4.69, 9.17) is 5.11 Å². The average molecular weight is 171 g/mol. The Kier molecular flexibility index (Phi) is 5.37. The molecular weight excluding hydrogens is 154 g/mol. The van der Waals surface area contributed by atoms with Crippen molar-refractivity contribution in [2.75, 3.05) is 6.54 Å². The summed E-state index contributed by atoms with van der Waals surface area (Å²) in [5.41, 5.74) is 0. The van der Waals surface area contributed by atoms with E-state index in [9.17, 15) is 4.79 Å². The summed E-state index contributed by atoms with van der Waals surface area (Å²) in [5.74, 6) is -0.665. The Bertz CT molecular complexity index is 155. The predicted molar refractivity (Wildman–Crippen MR) is 49.1 cm³/mol. The highest BCUT2D eigenvalue weighted by molar-refractivity contribution is 5.73. The Labute approximate surface area is 73.5 Å². The van der Waals surface area contributed by atoms with Gasteiger partial charge < -0.3 is 10.4 Å². The van der Waals surface area contributed by atoms with Gasteiger partial charge in [0.2, 0.25) is 0 Å². The molecule has 3 heteroatoms. The van der Waals surface area contributed by atoms with Crippen LogP contribution in [0, 0.1) is 5.92 Å². The Morgan fingerprint density at radius 3 is 2.58 bits per heavy atom. The average Bonchev–Trinajstić information content (AvgIpc) is 1.96. The van der Waals surface area contributed by atoms with Crippen molar-refractivity contribution in [3.05, 3.63) is 12.7 Å². The van der Waals surface area contributed by atoms with Gasteiger partial charge in [0.25, 0.3) is 0 Å². The minimum absolute atomic E-state index is 0.118. The zero-order valence-electron chi connectivity index (χ0n) is 7.71. The standard InChI is InChI=1S/C9H17NO2/c1-4-5-6-10-8(7(2)3)9(11)12/h4,7-8,10H,1,5-6H2,2-3H3,(H,11,12)/t8-/m0/s1. The summed E-state index contributed by atoms with van der Waals surface area (Å²) in [6.07, 6.45) is 2.57. The molecule has 70 valence electrons. The summed E-state index contributed by atoms with van der Waals surface area (Å²) in [6.45, 7) is 8.02. The lowest BCUT2D eigenvalue weighted by Gasteiger charge is -2.16. The lowest BCUT2D eigenvalue weighted by atomic mass is 10.0. The maximum atomic E-state index is 10.6. The van der Waals surface area contributed by atoms with Crippen molar-refractivity contribution in [3.63, 3.8) is 0 Å². The van der Waals surface area contributed by atoms with Crippen molar-refractivity contribution >= 4 is 5.97 Å². The van der Waals surface area contributed by atoms with Crippen LogP contribution < -0.4 is 5.32 Å². The zero-order valence-corrected chi connectivity index (χ0v) is 7.71. The molecule has 0 saturated carbocycles. The Balaban J connectivity index is 3.79. The van der Waals surface area contributed by atoms with Crippen LogP contribution in [0.2, 0.25) is 0 Å². The molecule has 0 spiro atoms. The number of hydrogen-bond donors (Lipinski definition) is 2. The number of aliphatic carboxylic acids is 1. The van der Waals surface area contributed by atoms with Crippen molar-refractivity contribution in [3.8, 4) is 0 Å². The number of rotatable bonds is 6. The number of carbonyl (C=O) groups is 1. The lowest BCUT2D eigenvalue weighted by molar-refractivity contribution is -0.140. The second kappa shape index (κ2) is 5.77. The van der Waals surface area contributed by atoms with E-state index in [0.717, 1.165) is 6.42 Å². The van der Waals surface area contributed by atoms with Gasteiger partial charge in [0, 0.05) is 0 Å². The first-order valence-electron chi connectivity index (χ1n) is 4.16. The van der Waals surface area contributed by atoms with E-state index in [0.29, 0.717) is 6.54 Å². The van der Waals surface area contributed by atoms with E-state index >= 15 is 0 Å². The molecule has 0 saturated heterocycles. The Hall–Kier alpha value is -0.830. The summed E-state index contributed by atoms with van der Waals surface area (Å²) >= 11 is 0. The maximum absolute atomic E-state index is 10.6. The third kappa shape index (κ3) is 4.13. The van der Waals surface area contributed by atoms with Crippen LogP contribution >= 0.6 is 0 Å². The van der Waals surface area contributed by atoms with Crippen molar-refractivity contribution in [1.82, 2.24) is 5.32 Å². The van der Waals surface area contributed by atoms with Gasteiger partial charge in [-0.15, -0.1) is 6.58 Å². The van der Waals surface area contributed by atoms with Gasteiger partial charge in [-0.2, -0.15) is 0 Å². The molecule has 0 fully saturated rings. The van der Waals surface area contributed by atoms with Crippen molar-refractivity contribution in [2.45, 2.75) is 26.3 Å². The molecule has 2 N–H and O–H groups in total. The smallest absolute Gasteiger partial charge is 0.320 e. The molecule has 0 aromatic heterocycles. The lowest BCUT2D eigenvalue weighted by Crippen LogP contribution is -2.41. The van der Waals surface area contributed by atoms with E-state index < -0.39 is 12.0 Å². The molecule has 1 atom stereocenters. The topological polar surface area (TPSA) is 49.3 Å². The minimum atomic E-state index is -0.783. The fourth-order valence-electron chi connectivity index (χ4n) is 0.949. The SMILES string of the molecule is C=CCCN[C@H](C(=O)O)C(C)C. The van der Waals surface area contributed by atoms with Crippen LogP contribution in [0.4, 0.5) is 0 Å². The van der Waals surface area contributed by atoms with E-state index in [2.05, 4.69) is 11.9 Å². The van der Waals surface area contributed by atoms with Gasteiger partial charge >= 0.3 is 5.97 Å². The second-order valence-electron chi connectivity index (χ2n) is 3.09. The number of hydrogen-bond acceptors (Lipinski definition) is 2. The van der Waals surface area contributed by atoms with E-state index in [1.54, 1.807) is 6.08 Å². The molecule has 0 bridgehead atoms. The van der Waals surface area contributed by atoms with Crippen LogP contribution in [0.1, 0.15) is 20.3 Å². The predicted octanol–water partition coefficient (Wildman–Crippen LogP) is 1.26. The molecule has 0 aromatic rings. The second-order valence-corrected chi connectivity index (χ2v) is 3.09. The summed E-state index contributed by atoms with van der Waals surface area (Å²) in [7, 11) is 0. The van der Waals surface area contributed by atoms with Gasteiger partial charge in [-0.05, 0) is 18.9 Å². The van der Waals surface area contributed by atoms with Crippen LogP contribution in [0.25, 0.3) is 0 Å². The molecule has 0 amide bonds. The molecule has 0 aliphatic heterocycles. The first-order valence-corrected chi connectivity index (χ1v) is 4.16. The first-order chi connectivity index (χ1) is 5.59. The van der Waals surface area contributed by atoms with Gasteiger partial charge in [0.05, 0.1) is 0 Å². The van der Waals surface area contributed by atoms with Crippen LogP contribution in [0.15, 0.2) is 12.7 Å². The monoisotopic (exact) mass is 171 g/mol. The molecule has 0 heterocycles. The quantitative estimate of drug-likeness (QED) is 0.467. The molecular formula is C9H17NO2. The minimum Gasteiger partial charge on any atom is -0.480 e. The van der Waals surface area contributed by atoms with Gasteiger partial charge in [0.15, 0.2) is 0 Å². The molecule has 0 aliphatic carbocycles.